The van der Waals surface area contributed by atoms with Crippen molar-refractivity contribution in [3.63, 3.8) is 0 Å². The van der Waals surface area contributed by atoms with Gasteiger partial charge in [-0.15, -0.1) is 11.3 Å². The van der Waals surface area contributed by atoms with Crippen molar-refractivity contribution in [3.8, 4) is 10.6 Å². The number of fused-ring (bicyclic) bond motifs is 1. The molecule has 0 radical (unpaired) electrons. The molecule has 0 unspecified atom stereocenters. The SMILES string of the molecule is O=C(Nc1ccc(-c2nc3ccccc3s2)c(Cl)c1)c1ccccc1Br. The van der Waals surface area contributed by atoms with Gasteiger partial charge < -0.3 is 5.32 Å². The van der Waals surface area contributed by atoms with Crippen LogP contribution in [0.4, 0.5) is 5.69 Å². The summed E-state index contributed by atoms with van der Waals surface area (Å²) in [4.78, 5) is 17.1. The van der Waals surface area contributed by atoms with Gasteiger partial charge in [-0.1, -0.05) is 35.9 Å². The highest BCUT2D eigenvalue weighted by Gasteiger charge is 2.13. The van der Waals surface area contributed by atoms with Crippen LogP contribution in [0.1, 0.15) is 10.4 Å². The number of thiazole rings is 1. The lowest BCUT2D eigenvalue weighted by Gasteiger charge is -2.08. The van der Waals surface area contributed by atoms with Gasteiger partial charge in [0.15, 0.2) is 0 Å². The molecule has 0 saturated carbocycles. The van der Waals surface area contributed by atoms with Crippen LogP contribution >= 0.6 is 38.9 Å². The number of aromatic nitrogens is 1. The number of nitrogens with zero attached hydrogens (tertiary/aromatic N) is 1. The summed E-state index contributed by atoms with van der Waals surface area (Å²) in [6, 6.07) is 20.7. The van der Waals surface area contributed by atoms with Crippen LogP contribution in [0.15, 0.2) is 71.2 Å². The van der Waals surface area contributed by atoms with Crippen molar-refractivity contribution in [3.05, 3.63) is 81.8 Å². The van der Waals surface area contributed by atoms with Crippen LogP contribution in [0.5, 0.6) is 0 Å². The molecule has 4 aromatic rings. The minimum atomic E-state index is -0.193. The molecule has 4 rings (SSSR count). The van der Waals surface area contributed by atoms with E-state index in [4.69, 9.17) is 11.6 Å². The summed E-state index contributed by atoms with van der Waals surface area (Å²) in [5.74, 6) is -0.193. The van der Waals surface area contributed by atoms with Crippen LogP contribution in [-0.2, 0) is 0 Å². The predicted octanol–water partition coefficient (Wildman–Crippen LogP) is 6.63. The highest BCUT2D eigenvalue weighted by molar-refractivity contribution is 9.10. The molecule has 26 heavy (non-hydrogen) atoms. The zero-order valence-electron chi connectivity index (χ0n) is 13.4. The van der Waals surface area contributed by atoms with E-state index < -0.39 is 0 Å². The molecule has 0 bridgehead atoms. The Morgan fingerprint density at radius 1 is 1.04 bits per heavy atom. The Bertz CT molecular complexity index is 1090. The lowest BCUT2D eigenvalue weighted by atomic mass is 10.2. The van der Waals surface area contributed by atoms with Crippen LogP contribution in [0.2, 0.25) is 5.02 Å². The third-order valence-electron chi connectivity index (χ3n) is 3.87. The molecule has 1 amide bonds. The Hall–Kier alpha value is -2.21. The minimum absolute atomic E-state index is 0.193. The summed E-state index contributed by atoms with van der Waals surface area (Å²) in [5.41, 5.74) is 3.01. The van der Waals surface area contributed by atoms with Gasteiger partial charge in [0, 0.05) is 15.7 Å². The maximum absolute atomic E-state index is 12.4. The van der Waals surface area contributed by atoms with Crippen LogP contribution < -0.4 is 5.32 Å². The smallest absolute Gasteiger partial charge is 0.256 e. The van der Waals surface area contributed by atoms with E-state index in [-0.39, 0.29) is 5.91 Å². The molecule has 1 aromatic heterocycles. The maximum Gasteiger partial charge on any atom is 0.256 e. The van der Waals surface area contributed by atoms with Gasteiger partial charge in [0.05, 0.1) is 20.8 Å². The molecule has 0 saturated heterocycles. The molecule has 0 fully saturated rings. The van der Waals surface area contributed by atoms with Gasteiger partial charge in [0.25, 0.3) is 5.91 Å². The van der Waals surface area contributed by atoms with Crippen molar-refractivity contribution >= 4 is 60.7 Å². The molecule has 1 heterocycles. The Morgan fingerprint density at radius 3 is 2.58 bits per heavy atom. The number of carbonyl (C=O) groups is 1. The lowest BCUT2D eigenvalue weighted by Crippen LogP contribution is -2.12. The largest absolute Gasteiger partial charge is 0.322 e. The number of benzene rings is 3. The highest BCUT2D eigenvalue weighted by Crippen LogP contribution is 2.35. The van der Waals surface area contributed by atoms with Gasteiger partial charge in [-0.25, -0.2) is 4.98 Å². The van der Waals surface area contributed by atoms with Gasteiger partial charge >= 0.3 is 0 Å². The molecule has 6 heteroatoms. The Morgan fingerprint density at radius 2 is 1.81 bits per heavy atom. The average molecular weight is 444 g/mol. The number of para-hydroxylation sites is 1. The van der Waals surface area contributed by atoms with Gasteiger partial charge in [0.2, 0.25) is 0 Å². The van der Waals surface area contributed by atoms with Crippen molar-refractivity contribution < 1.29 is 4.79 Å². The van der Waals surface area contributed by atoms with Crippen LogP contribution in [0, 0.1) is 0 Å². The van der Waals surface area contributed by atoms with E-state index in [0.717, 1.165) is 25.3 Å². The van der Waals surface area contributed by atoms with Crippen LogP contribution in [0.3, 0.4) is 0 Å². The van der Waals surface area contributed by atoms with E-state index >= 15 is 0 Å². The summed E-state index contributed by atoms with van der Waals surface area (Å²) < 4.78 is 1.86. The number of halogens is 2. The molecule has 128 valence electrons. The molecular formula is C20H12BrClN2OS. The van der Waals surface area contributed by atoms with Gasteiger partial charge in [-0.3, -0.25) is 4.79 Å². The summed E-state index contributed by atoms with van der Waals surface area (Å²) in [6.45, 7) is 0. The number of anilines is 1. The average Bonchev–Trinajstić information content (AvgIpc) is 3.06. The number of nitrogens with one attached hydrogen (secondary N) is 1. The summed E-state index contributed by atoms with van der Waals surface area (Å²) in [5, 5.41) is 4.29. The fourth-order valence-corrected chi connectivity index (χ4v) is 4.39. The van der Waals surface area contributed by atoms with Gasteiger partial charge in [-0.05, 0) is 58.4 Å². The fourth-order valence-electron chi connectivity index (χ4n) is 2.60. The van der Waals surface area contributed by atoms with E-state index in [1.165, 1.54) is 0 Å². The molecule has 3 aromatic carbocycles. The second kappa shape index (κ2) is 7.19. The van der Waals surface area contributed by atoms with Crippen LogP contribution in [-0.4, -0.2) is 10.9 Å². The lowest BCUT2D eigenvalue weighted by molar-refractivity contribution is 0.102. The third-order valence-corrected chi connectivity index (χ3v) is 5.94. The Labute approximate surface area is 167 Å². The summed E-state index contributed by atoms with van der Waals surface area (Å²) in [6.07, 6.45) is 0. The molecule has 0 atom stereocenters. The molecule has 0 spiro atoms. The van der Waals surface area contributed by atoms with Crippen molar-refractivity contribution in [2.24, 2.45) is 0 Å². The first-order valence-electron chi connectivity index (χ1n) is 7.83. The number of hydrogen-bond acceptors (Lipinski definition) is 3. The molecule has 0 aliphatic rings. The number of amides is 1. The third kappa shape index (κ3) is 3.38. The van der Waals surface area contributed by atoms with E-state index in [9.17, 15) is 4.79 Å². The topological polar surface area (TPSA) is 42.0 Å². The zero-order valence-corrected chi connectivity index (χ0v) is 16.5. The minimum Gasteiger partial charge on any atom is -0.322 e. The fraction of sp³-hybridized carbons (Fsp3) is 0. The van der Waals surface area contributed by atoms with E-state index in [1.807, 2.05) is 54.6 Å². The quantitative estimate of drug-likeness (QED) is 0.386. The second-order valence-electron chi connectivity index (χ2n) is 5.62. The summed E-state index contributed by atoms with van der Waals surface area (Å²) in [7, 11) is 0. The van der Waals surface area contributed by atoms with Crippen molar-refractivity contribution in [1.29, 1.82) is 0 Å². The van der Waals surface area contributed by atoms with E-state index in [1.54, 1.807) is 23.5 Å². The van der Waals surface area contributed by atoms with E-state index in [0.29, 0.717) is 16.3 Å². The van der Waals surface area contributed by atoms with Gasteiger partial charge in [0.1, 0.15) is 5.01 Å². The second-order valence-corrected chi connectivity index (χ2v) is 7.91. The molecule has 0 aliphatic heterocycles. The number of hydrogen-bond donors (Lipinski definition) is 1. The van der Waals surface area contributed by atoms with Gasteiger partial charge in [-0.2, -0.15) is 0 Å². The van der Waals surface area contributed by atoms with Crippen LogP contribution in [0.25, 0.3) is 20.8 Å². The standard InChI is InChI=1S/C20H12BrClN2OS/c21-15-6-2-1-5-13(15)19(25)23-12-9-10-14(16(22)11-12)20-24-17-7-3-4-8-18(17)26-20/h1-11H,(H,23,25). The van der Waals surface area contributed by atoms with Crippen molar-refractivity contribution in [2.75, 3.05) is 5.32 Å². The highest BCUT2D eigenvalue weighted by atomic mass is 79.9. The Kier molecular flexibility index (Phi) is 4.76. The Balaban J connectivity index is 1.62. The molecular weight excluding hydrogens is 432 g/mol. The first-order valence-corrected chi connectivity index (χ1v) is 9.82. The van der Waals surface area contributed by atoms with Crippen molar-refractivity contribution in [2.45, 2.75) is 0 Å². The molecule has 0 aliphatic carbocycles. The first kappa shape index (κ1) is 17.2. The number of carbonyl (C=O) groups excluding carboxylic acids is 1. The molecule has 1 N–H and O–H groups in total. The zero-order chi connectivity index (χ0) is 18.1. The molecule has 3 nitrogen and oxygen atoms in total. The van der Waals surface area contributed by atoms with Crippen molar-refractivity contribution in [1.82, 2.24) is 4.98 Å². The summed E-state index contributed by atoms with van der Waals surface area (Å²) >= 11 is 11.4. The number of rotatable bonds is 3. The first-order chi connectivity index (χ1) is 12.6. The predicted molar refractivity (Wildman–Crippen MR) is 112 cm³/mol. The monoisotopic (exact) mass is 442 g/mol. The normalized spacial score (nSPS) is 10.8. The van der Waals surface area contributed by atoms with E-state index in [2.05, 4.69) is 26.2 Å². The maximum atomic E-state index is 12.4.